The predicted octanol–water partition coefficient (Wildman–Crippen LogP) is 0.0201. The summed E-state index contributed by atoms with van der Waals surface area (Å²) in [6.45, 7) is 3.50. The minimum Gasteiger partial charge on any atom is -0.339 e. The topological polar surface area (TPSA) is 46.2 Å². The Labute approximate surface area is 59.1 Å². The quantitative estimate of drug-likeness (QED) is 0.520. The van der Waals surface area contributed by atoms with E-state index in [2.05, 4.69) is 5.32 Å². The van der Waals surface area contributed by atoms with E-state index >= 15 is 0 Å². The monoisotopic (exact) mass is 139 g/mol. The van der Waals surface area contributed by atoms with Crippen molar-refractivity contribution >= 4 is 12.2 Å². The van der Waals surface area contributed by atoms with Gasteiger partial charge in [0.15, 0.2) is 0 Å². The molecular formula is C7H9NO2. The molecule has 54 valence electrons. The Hall–Kier alpha value is -1.12. The lowest BCUT2D eigenvalue weighted by atomic mass is 10.1. The van der Waals surface area contributed by atoms with Crippen LogP contribution in [0.1, 0.15) is 13.8 Å². The van der Waals surface area contributed by atoms with Crippen molar-refractivity contribution in [1.29, 1.82) is 0 Å². The van der Waals surface area contributed by atoms with Gasteiger partial charge < -0.3 is 10.1 Å². The molecule has 10 heavy (non-hydrogen) atoms. The lowest BCUT2D eigenvalue weighted by molar-refractivity contribution is -0.119. The molecule has 0 saturated carbocycles. The zero-order valence-corrected chi connectivity index (χ0v) is 5.97. The van der Waals surface area contributed by atoms with Crippen molar-refractivity contribution in [1.82, 2.24) is 5.32 Å². The van der Waals surface area contributed by atoms with E-state index in [1.165, 1.54) is 0 Å². The van der Waals surface area contributed by atoms with Gasteiger partial charge in [0.1, 0.15) is 12.3 Å². The molecule has 0 bridgehead atoms. The number of aldehydes is 1. The van der Waals surface area contributed by atoms with Gasteiger partial charge in [-0.3, -0.25) is 4.79 Å². The Bertz CT molecular complexity index is 218. The average Bonchev–Trinajstić information content (AvgIpc) is 2.17. The summed E-state index contributed by atoms with van der Waals surface area (Å²) in [6, 6.07) is -0.382. The highest BCUT2D eigenvalue weighted by atomic mass is 16.2. The smallest absolute Gasteiger partial charge is 0.247 e. The van der Waals surface area contributed by atoms with Crippen molar-refractivity contribution in [2.45, 2.75) is 19.9 Å². The van der Waals surface area contributed by atoms with Crippen LogP contribution in [0.3, 0.4) is 0 Å². The summed E-state index contributed by atoms with van der Waals surface area (Å²) < 4.78 is 0. The molecule has 3 heteroatoms. The normalized spacial score (nSPS) is 25.0. The van der Waals surface area contributed by atoms with Crippen LogP contribution in [0, 0.1) is 0 Å². The number of hydrogen-bond donors (Lipinski definition) is 1. The minimum atomic E-state index is -0.382. The zero-order valence-electron chi connectivity index (χ0n) is 5.97. The molecule has 1 atom stereocenters. The molecule has 0 radical (unpaired) electrons. The second kappa shape index (κ2) is 2.25. The molecule has 1 heterocycles. The van der Waals surface area contributed by atoms with Gasteiger partial charge in [0, 0.05) is 5.57 Å². The van der Waals surface area contributed by atoms with Crippen LogP contribution in [0.2, 0.25) is 0 Å². The van der Waals surface area contributed by atoms with Crippen LogP contribution >= 0.6 is 0 Å². The van der Waals surface area contributed by atoms with Crippen LogP contribution in [0.15, 0.2) is 11.1 Å². The van der Waals surface area contributed by atoms with Gasteiger partial charge in [-0.1, -0.05) is 0 Å². The van der Waals surface area contributed by atoms with Gasteiger partial charge in [0.2, 0.25) is 5.91 Å². The summed E-state index contributed by atoms with van der Waals surface area (Å²) in [5, 5.41) is 2.52. The highest BCUT2D eigenvalue weighted by Crippen LogP contribution is 2.13. The van der Waals surface area contributed by atoms with E-state index < -0.39 is 0 Å². The summed E-state index contributed by atoms with van der Waals surface area (Å²) in [7, 11) is 0. The molecule has 1 rings (SSSR count). The Morgan fingerprint density at radius 2 is 2.10 bits per heavy atom. The van der Waals surface area contributed by atoms with Gasteiger partial charge in [-0.25, -0.2) is 0 Å². The highest BCUT2D eigenvalue weighted by molar-refractivity contribution is 6.00. The molecule has 0 aromatic rings. The Balaban J connectivity index is 2.93. The van der Waals surface area contributed by atoms with Gasteiger partial charge in [0.25, 0.3) is 0 Å². The van der Waals surface area contributed by atoms with E-state index in [0.717, 1.165) is 11.9 Å². The molecule has 0 aliphatic carbocycles. The van der Waals surface area contributed by atoms with E-state index in [1.54, 1.807) is 13.8 Å². The summed E-state index contributed by atoms with van der Waals surface area (Å²) in [5.74, 6) is -0.130. The fourth-order valence-corrected chi connectivity index (χ4v) is 0.906. The molecule has 0 aromatic heterocycles. The van der Waals surface area contributed by atoms with Gasteiger partial charge in [-0.15, -0.1) is 0 Å². The van der Waals surface area contributed by atoms with Gasteiger partial charge in [-0.05, 0) is 19.4 Å². The first-order chi connectivity index (χ1) is 4.66. The maximum Gasteiger partial charge on any atom is 0.247 e. The largest absolute Gasteiger partial charge is 0.339 e. The fourth-order valence-electron chi connectivity index (χ4n) is 0.906. The van der Waals surface area contributed by atoms with E-state index in [0.29, 0.717) is 5.57 Å². The van der Waals surface area contributed by atoms with Crippen LogP contribution in [-0.4, -0.2) is 18.2 Å². The number of amides is 1. The van der Waals surface area contributed by atoms with Crippen molar-refractivity contribution in [3.05, 3.63) is 11.1 Å². The van der Waals surface area contributed by atoms with Crippen molar-refractivity contribution in [2.24, 2.45) is 0 Å². The van der Waals surface area contributed by atoms with Gasteiger partial charge >= 0.3 is 0 Å². The molecular weight excluding hydrogens is 130 g/mol. The molecule has 0 saturated heterocycles. The van der Waals surface area contributed by atoms with Crippen molar-refractivity contribution in [2.75, 3.05) is 0 Å². The standard InChI is InChI=1S/C7H9NO2/c1-4-5(2)7(10)8-6(4)3-9/h3,6H,1-2H3,(H,8,10). The SMILES string of the molecule is CC1=C(C)C(C=O)NC1=O. The molecule has 1 aliphatic heterocycles. The third kappa shape index (κ3) is 0.835. The summed E-state index contributed by atoms with van der Waals surface area (Å²) in [6.07, 6.45) is 0.740. The summed E-state index contributed by atoms with van der Waals surface area (Å²) in [4.78, 5) is 21.1. The maximum atomic E-state index is 10.8. The van der Waals surface area contributed by atoms with E-state index in [9.17, 15) is 9.59 Å². The van der Waals surface area contributed by atoms with Crippen molar-refractivity contribution in [3.8, 4) is 0 Å². The first-order valence-corrected chi connectivity index (χ1v) is 3.10. The molecule has 0 spiro atoms. The van der Waals surface area contributed by atoms with Crippen LogP contribution in [0.5, 0.6) is 0 Å². The second-order valence-electron chi connectivity index (χ2n) is 2.40. The van der Waals surface area contributed by atoms with Crippen LogP contribution in [0.25, 0.3) is 0 Å². The average molecular weight is 139 g/mol. The number of carbonyl (C=O) groups excluding carboxylic acids is 2. The lowest BCUT2D eigenvalue weighted by Gasteiger charge is -2.00. The molecule has 1 aliphatic rings. The molecule has 3 nitrogen and oxygen atoms in total. The van der Waals surface area contributed by atoms with Crippen LogP contribution < -0.4 is 5.32 Å². The van der Waals surface area contributed by atoms with Crippen molar-refractivity contribution < 1.29 is 9.59 Å². The van der Waals surface area contributed by atoms with Crippen LogP contribution in [-0.2, 0) is 9.59 Å². The minimum absolute atomic E-state index is 0.130. The third-order valence-electron chi connectivity index (χ3n) is 1.82. The highest BCUT2D eigenvalue weighted by Gasteiger charge is 2.24. The number of carbonyl (C=O) groups is 2. The molecule has 1 amide bonds. The van der Waals surface area contributed by atoms with Crippen molar-refractivity contribution in [3.63, 3.8) is 0 Å². The summed E-state index contributed by atoms with van der Waals surface area (Å²) in [5.41, 5.74) is 1.50. The first-order valence-electron chi connectivity index (χ1n) is 3.10. The van der Waals surface area contributed by atoms with E-state index in [4.69, 9.17) is 0 Å². The Morgan fingerprint density at radius 3 is 2.30 bits per heavy atom. The number of rotatable bonds is 1. The van der Waals surface area contributed by atoms with E-state index in [-0.39, 0.29) is 11.9 Å². The molecule has 1 N–H and O–H groups in total. The second-order valence-corrected chi connectivity index (χ2v) is 2.40. The van der Waals surface area contributed by atoms with Gasteiger partial charge in [0.05, 0.1) is 0 Å². The molecule has 1 unspecified atom stereocenters. The maximum absolute atomic E-state index is 10.8. The van der Waals surface area contributed by atoms with Gasteiger partial charge in [-0.2, -0.15) is 0 Å². The molecule has 0 fully saturated rings. The fraction of sp³-hybridized carbons (Fsp3) is 0.429. The lowest BCUT2D eigenvalue weighted by Crippen LogP contribution is -2.29. The third-order valence-corrected chi connectivity index (χ3v) is 1.82. The van der Waals surface area contributed by atoms with E-state index in [1.807, 2.05) is 0 Å². The summed E-state index contributed by atoms with van der Waals surface area (Å²) >= 11 is 0. The predicted molar refractivity (Wildman–Crippen MR) is 36.4 cm³/mol. The Morgan fingerprint density at radius 1 is 1.50 bits per heavy atom. The first kappa shape index (κ1) is 6.99. The van der Waals surface area contributed by atoms with Crippen LogP contribution in [0.4, 0.5) is 0 Å². The Kier molecular flexibility index (Phi) is 1.57. The molecule has 0 aromatic carbocycles. The number of hydrogen-bond acceptors (Lipinski definition) is 2. The zero-order chi connectivity index (χ0) is 7.72. The number of nitrogens with one attached hydrogen (secondary N) is 1.